The molecule has 0 unspecified atom stereocenters. The van der Waals surface area contributed by atoms with Gasteiger partial charge in [0, 0.05) is 10.8 Å². The first-order valence-electron chi connectivity index (χ1n) is 6.91. The van der Waals surface area contributed by atoms with Crippen LogP contribution >= 0.6 is 0 Å². The summed E-state index contributed by atoms with van der Waals surface area (Å²) in [5.41, 5.74) is 4.97. The molecule has 0 saturated heterocycles. The van der Waals surface area contributed by atoms with E-state index in [9.17, 15) is 0 Å². The van der Waals surface area contributed by atoms with Crippen LogP contribution in [0.4, 0.5) is 0 Å². The molecule has 20 heavy (non-hydrogen) atoms. The molecule has 4 nitrogen and oxygen atoms in total. The normalized spacial score (nSPS) is 15.2. The zero-order valence-corrected chi connectivity index (χ0v) is 12.2. The molecule has 2 aromatic rings. The second-order valence-corrected chi connectivity index (χ2v) is 5.56. The lowest BCUT2D eigenvalue weighted by molar-refractivity contribution is 1.05. The van der Waals surface area contributed by atoms with E-state index in [0.717, 1.165) is 21.4 Å². The van der Waals surface area contributed by atoms with Gasteiger partial charge in [0.2, 0.25) is 0 Å². The van der Waals surface area contributed by atoms with Crippen molar-refractivity contribution < 1.29 is 0 Å². The molecule has 0 aromatic heterocycles. The van der Waals surface area contributed by atoms with E-state index in [1.54, 1.807) is 0 Å². The quantitative estimate of drug-likeness (QED) is 0.665. The lowest BCUT2D eigenvalue weighted by Gasteiger charge is -2.11. The Bertz CT molecular complexity index is 945. The number of benzene rings is 2. The van der Waals surface area contributed by atoms with E-state index in [0.29, 0.717) is 13.3 Å². The van der Waals surface area contributed by atoms with Crippen molar-refractivity contribution in [3.8, 4) is 0 Å². The first-order chi connectivity index (χ1) is 9.61. The van der Waals surface area contributed by atoms with Crippen molar-refractivity contribution in [1.29, 1.82) is 0 Å². The first kappa shape index (κ1) is 11.7. The largest absolute Gasteiger partial charge is 0.259 e. The molecule has 2 aliphatic rings. The molecule has 0 fully saturated rings. The Morgan fingerprint density at radius 3 is 1.25 bits per heavy atom. The van der Waals surface area contributed by atoms with E-state index in [-0.39, 0.29) is 0 Å². The molecule has 2 aromatic carbocycles. The third kappa shape index (κ3) is 1.22. The molecular formula is C16H16N4. The summed E-state index contributed by atoms with van der Waals surface area (Å²) >= 11 is 0. The Labute approximate surface area is 116 Å². The summed E-state index contributed by atoms with van der Waals surface area (Å²) in [4.78, 5) is 18.3. The molecule has 0 spiro atoms. The zero-order chi connectivity index (χ0) is 14.0. The minimum Gasteiger partial charge on any atom is -0.259 e. The Morgan fingerprint density at radius 1 is 0.500 bits per heavy atom. The predicted molar refractivity (Wildman–Crippen MR) is 77.3 cm³/mol. The molecule has 100 valence electrons. The van der Waals surface area contributed by atoms with Crippen LogP contribution in [-0.2, 0) is 0 Å². The minimum absolute atomic E-state index is 0.547. The van der Waals surface area contributed by atoms with Crippen LogP contribution in [0.1, 0.15) is 22.3 Å². The van der Waals surface area contributed by atoms with Crippen molar-refractivity contribution in [3.63, 3.8) is 0 Å². The topological polar surface area (TPSA) is 49.4 Å². The van der Waals surface area contributed by atoms with Gasteiger partial charge < -0.3 is 0 Å². The smallest absolute Gasteiger partial charge is 0.130 e. The highest BCUT2D eigenvalue weighted by molar-refractivity contribution is 5.89. The van der Waals surface area contributed by atoms with Crippen molar-refractivity contribution in [2.24, 2.45) is 20.0 Å². The molecule has 2 aliphatic heterocycles. The van der Waals surface area contributed by atoms with E-state index in [1.165, 1.54) is 33.0 Å². The van der Waals surface area contributed by atoms with Crippen LogP contribution in [0.2, 0.25) is 0 Å². The van der Waals surface area contributed by atoms with E-state index >= 15 is 0 Å². The van der Waals surface area contributed by atoms with Crippen LogP contribution in [0.25, 0.3) is 10.8 Å². The SMILES string of the molecule is Cc1c(C)c2c3c(c(C)c(C)c2c2c1=NCN=2)=NCN=3. The molecule has 4 rings (SSSR count). The van der Waals surface area contributed by atoms with E-state index in [4.69, 9.17) is 0 Å². The fourth-order valence-corrected chi connectivity index (χ4v) is 3.34. The van der Waals surface area contributed by atoms with Gasteiger partial charge in [-0.3, -0.25) is 20.0 Å². The Balaban J connectivity index is 2.52. The van der Waals surface area contributed by atoms with E-state index in [2.05, 4.69) is 47.7 Å². The fourth-order valence-electron chi connectivity index (χ4n) is 3.34. The van der Waals surface area contributed by atoms with Gasteiger partial charge in [0.05, 0.1) is 21.4 Å². The van der Waals surface area contributed by atoms with Crippen molar-refractivity contribution in [2.75, 3.05) is 13.3 Å². The van der Waals surface area contributed by atoms with Crippen LogP contribution in [0, 0.1) is 27.7 Å². The van der Waals surface area contributed by atoms with Gasteiger partial charge in [0.1, 0.15) is 13.3 Å². The van der Waals surface area contributed by atoms with Crippen molar-refractivity contribution in [2.45, 2.75) is 27.7 Å². The molecule has 0 N–H and O–H groups in total. The Hall–Kier alpha value is -2.10. The summed E-state index contributed by atoms with van der Waals surface area (Å²) in [6, 6.07) is 0. The summed E-state index contributed by atoms with van der Waals surface area (Å²) < 4.78 is 0. The number of aryl methyl sites for hydroxylation is 2. The Morgan fingerprint density at radius 2 is 0.850 bits per heavy atom. The standard InChI is InChI=1S/C16H16N4/c1-7-9(3)13-16(20-5-17-13)12-8(2)10(4)14-15(11(7)12)19-6-18-14/h5-6H2,1-4H3. The third-order valence-electron chi connectivity index (χ3n) is 4.67. The van der Waals surface area contributed by atoms with Gasteiger partial charge in [0.15, 0.2) is 0 Å². The molecule has 4 heteroatoms. The van der Waals surface area contributed by atoms with Crippen LogP contribution in [0.3, 0.4) is 0 Å². The third-order valence-corrected chi connectivity index (χ3v) is 4.67. The van der Waals surface area contributed by atoms with Gasteiger partial charge in [-0.25, -0.2) is 0 Å². The van der Waals surface area contributed by atoms with Crippen LogP contribution < -0.4 is 21.4 Å². The van der Waals surface area contributed by atoms with Gasteiger partial charge in [-0.15, -0.1) is 0 Å². The summed E-state index contributed by atoms with van der Waals surface area (Å²) in [6.45, 7) is 9.68. The maximum atomic E-state index is 4.62. The molecular weight excluding hydrogens is 248 g/mol. The maximum Gasteiger partial charge on any atom is 0.130 e. The summed E-state index contributed by atoms with van der Waals surface area (Å²) in [5, 5.41) is 6.67. The average molecular weight is 264 g/mol. The highest BCUT2D eigenvalue weighted by Gasteiger charge is 2.18. The van der Waals surface area contributed by atoms with E-state index < -0.39 is 0 Å². The van der Waals surface area contributed by atoms with Gasteiger partial charge in [-0.05, 0) is 49.9 Å². The second-order valence-electron chi connectivity index (χ2n) is 5.56. The molecule has 2 heterocycles. The number of hydrogen-bond acceptors (Lipinski definition) is 4. The number of fused-ring (bicyclic) bond motifs is 5. The average Bonchev–Trinajstić information content (AvgIpc) is 3.08. The lowest BCUT2D eigenvalue weighted by atomic mass is 9.93. The monoisotopic (exact) mass is 264 g/mol. The van der Waals surface area contributed by atoms with Crippen molar-refractivity contribution >= 4 is 10.8 Å². The van der Waals surface area contributed by atoms with Gasteiger partial charge in [-0.2, -0.15) is 0 Å². The molecule has 0 amide bonds. The number of nitrogens with zero attached hydrogens (tertiary/aromatic N) is 4. The Kier molecular flexibility index (Phi) is 2.18. The minimum atomic E-state index is 0.547. The highest BCUT2D eigenvalue weighted by atomic mass is 15.0. The fraction of sp³-hybridized carbons (Fsp3) is 0.375. The maximum absolute atomic E-state index is 4.62. The summed E-state index contributed by atoms with van der Waals surface area (Å²) in [7, 11) is 0. The lowest BCUT2D eigenvalue weighted by Crippen LogP contribution is -2.35. The number of hydrogen-bond donors (Lipinski definition) is 0. The van der Waals surface area contributed by atoms with Gasteiger partial charge in [-0.1, -0.05) is 0 Å². The van der Waals surface area contributed by atoms with E-state index in [1.807, 2.05) is 0 Å². The number of rotatable bonds is 0. The van der Waals surface area contributed by atoms with Gasteiger partial charge >= 0.3 is 0 Å². The van der Waals surface area contributed by atoms with Crippen molar-refractivity contribution in [1.82, 2.24) is 0 Å². The molecule has 0 aliphatic carbocycles. The second kappa shape index (κ2) is 3.72. The zero-order valence-electron chi connectivity index (χ0n) is 12.2. The van der Waals surface area contributed by atoms with Crippen LogP contribution in [-0.4, -0.2) is 13.3 Å². The predicted octanol–water partition coefficient (Wildman–Crippen LogP) is 0.494. The summed E-state index contributed by atoms with van der Waals surface area (Å²) in [5.74, 6) is 0. The van der Waals surface area contributed by atoms with Crippen LogP contribution in [0.5, 0.6) is 0 Å². The van der Waals surface area contributed by atoms with Crippen LogP contribution in [0.15, 0.2) is 20.0 Å². The summed E-state index contributed by atoms with van der Waals surface area (Å²) in [6.07, 6.45) is 0. The first-order valence-corrected chi connectivity index (χ1v) is 6.91. The molecule has 0 bridgehead atoms. The van der Waals surface area contributed by atoms with Crippen molar-refractivity contribution in [3.05, 3.63) is 43.7 Å². The molecule has 0 radical (unpaired) electrons. The highest BCUT2D eigenvalue weighted by Crippen LogP contribution is 2.18. The molecule has 0 atom stereocenters. The molecule has 0 saturated carbocycles. The van der Waals surface area contributed by atoms with Gasteiger partial charge in [0.25, 0.3) is 0 Å².